The van der Waals surface area contributed by atoms with Gasteiger partial charge in [-0.3, -0.25) is 0 Å². The first kappa shape index (κ1) is 11.5. The molecule has 94 valence electrons. The lowest BCUT2D eigenvalue weighted by molar-refractivity contribution is 0.305. The van der Waals surface area contributed by atoms with Gasteiger partial charge in [0.2, 0.25) is 0 Å². The van der Waals surface area contributed by atoms with E-state index in [0.717, 1.165) is 36.0 Å². The summed E-state index contributed by atoms with van der Waals surface area (Å²) in [5, 5.41) is 4.33. The SMILES string of the molecule is CCc1ccc(OCc2nc3c(s2)CCN3)cc1. The van der Waals surface area contributed by atoms with E-state index in [1.165, 1.54) is 10.4 Å². The highest BCUT2D eigenvalue weighted by atomic mass is 32.1. The van der Waals surface area contributed by atoms with Crippen molar-refractivity contribution in [1.82, 2.24) is 4.98 Å². The van der Waals surface area contributed by atoms with Crippen LogP contribution in [0.3, 0.4) is 0 Å². The Kier molecular flexibility index (Phi) is 3.19. The quantitative estimate of drug-likeness (QED) is 0.916. The van der Waals surface area contributed by atoms with E-state index in [4.69, 9.17) is 4.74 Å². The minimum atomic E-state index is 0.560. The smallest absolute Gasteiger partial charge is 0.140 e. The highest BCUT2D eigenvalue weighted by Gasteiger charge is 2.16. The number of hydrogen-bond acceptors (Lipinski definition) is 4. The summed E-state index contributed by atoms with van der Waals surface area (Å²) in [6.07, 6.45) is 2.16. The van der Waals surface area contributed by atoms with Crippen LogP contribution in [0.1, 0.15) is 22.4 Å². The van der Waals surface area contributed by atoms with Crippen LogP contribution in [0.15, 0.2) is 24.3 Å². The van der Waals surface area contributed by atoms with Gasteiger partial charge in [-0.2, -0.15) is 0 Å². The third-order valence-corrected chi connectivity index (χ3v) is 4.17. The maximum atomic E-state index is 5.75. The van der Waals surface area contributed by atoms with Gasteiger partial charge in [0.15, 0.2) is 0 Å². The van der Waals surface area contributed by atoms with Gasteiger partial charge in [0.25, 0.3) is 0 Å². The number of nitrogens with one attached hydrogen (secondary N) is 1. The van der Waals surface area contributed by atoms with E-state index in [2.05, 4.69) is 29.4 Å². The standard InChI is InChI=1S/C14H16N2OS/c1-2-10-3-5-11(6-4-10)17-9-13-16-14-12(18-13)7-8-15-14/h3-6,15H,2,7-9H2,1H3. The molecule has 4 heteroatoms. The normalized spacial score (nSPS) is 13.2. The van der Waals surface area contributed by atoms with E-state index in [1.807, 2.05) is 12.1 Å². The lowest BCUT2D eigenvalue weighted by Crippen LogP contribution is -1.98. The van der Waals surface area contributed by atoms with Crippen LogP contribution in [0, 0.1) is 0 Å². The predicted octanol–water partition coefficient (Wildman–Crippen LogP) is 3.25. The van der Waals surface area contributed by atoms with Crippen LogP contribution in [0.4, 0.5) is 5.82 Å². The third-order valence-electron chi connectivity index (χ3n) is 3.08. The monoisotopic (exact) mass is 260 g/mol. The van der Waals surface area contributed by atoms with Gasteiger partial charge in [-0.05, 0) is 24.1 Å². The molecule has 0 amide bonds. The second-order valence-corrected chi connectivity index (χ2v) is 5.51. The van der Waals surface area contributed by atoms with E-state index in [1.54, 1.807) is 11.3 Å². The van der Waals surface area contributed by atoms with Crippen molar-refractivity contribution in [3.05, 3.63) is 39.7 Å². The number of ether oxygens (including phenoxy) is 1. The van der Waals surface area contributed by atoms with E-state index >= 15 is 0 Å². The first-order chi connectivity index (χ1) is 8.85. The fraction of sp³-hybridized carbons (Fsp3) is 0.357. The van der Waals surface area contributed by atoms with Crippen molar-refractivity contribution in [2.24, 2.45) is 0 Å². The minimum Gasteiger partial charge on any atom is -0.486 e. The van der Waals surface area contributed by atoms with Crippen molar-refractivity contribution < 1.29 is 4.74 Å². The molecule has 2 heterocycles. The third kappa shape index (κ3) is 2.34. The van der Waals surface area contributed by atoms with Gasteiger partial charge in [0, 0.05) is 13.0 Å². The number of nitrogens with zero attached hydrogens (tertiary/aromatic N) is 1. The molecule has 0 atom stereocenters. The van der Waals surface area contributed by atoms with Crippen LogP contribution in [-0.4, -0.2) is 11.5 Å². The molecule has 0 unspecified atom stereocenters. The molecule has 3 nitrogen and oxygen atoms in total. The molecule has 1 aromatic carbocycles. The number of hydrogen-bond donors (Lipinski definition) is 1. The molecule has 1 N–H and O–H groups in total. The zero-order valence-electron chi connectivity index (χ0n) is 10.4. The minimum absolute atomic E-state index is 0.560. The van der Waals surface area contributed by atoms with Crippen molar-refractivity contribution in [1.29, 1.82) is 0 Å². The molecule has 0 bridgehead atoms. The van der Waals surface area contributed by atoms with Crippen LogP contribution in [0.5, 0.6) is 5.75 Å². The summed E-state index contributed by atoms with van der Waals surface area (Å²) in [4.78, 5) is 5.88. The number of rotatable bonds is 4. The zero-order valence-corrected chi connectivity index (χ0v) is 11.2. The molecule has 0 saturated carbocycles. The zero-order chi connectivity index (χ0) is 12.4. The number of thiazole rings is 1. The van der Waals surface area contributed by atoms with Crippen molar-refractivity contribution in [2.45, 2.75) is 26.4 Å². The molecule has 1 aliphatic rings. The first-order valence-corrected chi connectivity index (χ1v) is 7.11. The van der Waals surface area contributed by atoms with Gasteiger partial charge in [-0.25, -0.2) is 4.98 Å². The lowest BCUT2D eigenvalue weighted by atomic mass is 10.2. The Morgan fingerprint density at radius 3 is 2.89 bits per heavy atom. The highest BCUT2D eigenvalue weighted by Crippen LogP contribution is 2.28. The average molecular weight is 260 g/mol. The number of aromatic nitrogens is 1. The fourth-order valence-electron chi connectivity index (χ4n) is 2.03. The average Bonchev–Trinajstić information content (AvgIpc) is 2.97. The number of fused-ring (bicyclic) bond motifs is 1. The molecule has 0 fully saturated rings. The summed E-state index contributed by atoms with van der Waals surface area (Å²) in [6.45, 7) is 3.73. The summed E-state index contributed by atoms with van der Waals surface area (Å²) in [7, 11) is 0. The second-order valence-electron chi connectivity index (χ2n) is 4.34. The molecule has 3 rings (SSSR count). The molecule has 0 spiro atoms. The molecular formula is C14H16N2OS. The topological polar surface area (TPSA) is 34.1 Å². The Hall–Kier alpha value is -1.55. The molecule has 0 aliphatic carbocycles. The van der Waals surface area contributed by atoms with Crippen molar-refractivity contribution >= 4 is 17.2 Å². The van der Waals surface area contributed by atoms with E-state index < -0.39 is 0 Å². The maximum Gasteiger partial charge on any atom is 0.140 e. The van der Waals surface area contributed by atoms with Crippen molar-refractivity contribution in [2.75, 3.05) is 11.9 Å². The summed E-state index contributed by atoms with van der Waals surface area (Å²) in [5.74, 6) is 1.97. The first-order valence-electron chi connectivity index (χ1n) is 6.29. The molecule has 0 radical (unpaired) electrons. The molecule has 1 aliphatic heterocycles. The Labute approximate surface area is 111 Å². The molecular weight excluding hydrogens is 244 g/mol. The van der Waals surface area contributed by atoms with Gasteiger partial charge < -0.3 is 10.1 Å². The van der Waals surface area contributed by atoms with Gasteiger partial charge in [0.05, 0.1) is 4.88 Å². The Balaban J connectivity index is 1.62. The second kappa shape index (κ2) is 4.98. The summed E-state index contributed by atoms with van der Waals surface area (Å²) >= 11 is 1.75. The van der Waals surface area contributed by atoms with Crippen LogP contribution in [0.25, 0.3) is 0 Å². The summed E-state index contributed by atoms with van der Waals surface area (Å²) in [5.41, 5.74) is 1.33. The number of anilines is 1. The van der Waals surface area contributed by atoms with Gasteiger partial charge in [-0.1, -0.05) is 19.1 Å². The Bertz CT molecular complexity index is 512. The van der Waals surface area contributed by atoms with Crippen molar-refractivity contribution in [3.63, 3.8) is 0 Å². The van der Waals surface area contributed by atoms with Gasteiger partial charge >= 0.3 is 0 Å². The summed E-state index contributed by atoms with van der Waals surface area (Å²) in [6, 6.07) is 8.27. The highest BCUT2D eigenvalue weighted by molar-refractivity contribution is 7.12. The number of aryl methyl sites for hydroxylation is 1. The molecule has 1 aromatic heterocycles. The van der Waals surface area contributed by atoms with E-state index in [-0.39, 0.29) is 0 Å². The van der Waals surface area contributed by atoms with E-state index in [0.29, 0.717) is 6.61 Å². The predicted molar refractivity (Wildman–Crippen MR) is 74.5 cm³/mol. The fourth-order valence-corrected chi connectivity index (χ4v) is 2.99. The molecule has 0 saturated heterocycles. The van der Waals surface area contributed by atoms with Gasteiger partial charge in [0.1, 0.15) is 23.2 Å². The van der Waals surface area contributed by atoms with Crippen LogP contribution in [0.2, 0.25) is 0 Å². The van der Waals surface area contributed by atoms with Crippen LogP contribution >= 0.6 is 11.3 Å². The lowest BCUT2D eigenvalue weighted by Gasteiger charge is -2.04. The molecule has 18 heavy (non-hydrogen) atoms. The largest absolute Gasteiger partial charge is 0.486 e. The molecule has 2 aromatic rings. The maximum absolute atomic E-state index is 5.75. The van der Waals surface area contributed by atoms with E-state index in [9.17, 15) is 0 Å². The van der Waals surface area contributed by atoms with Gasteiger partial charge in [-0.15, -0.1) is 11.3 Å². The van der Waals surface area contributed by atoms with Crippen LogP contribution in [-0.2, 0) is 19.4 Å². The van der Waals surface area contributed by atoms with Crippen molar-refractivity contribution in [3.8, 4) is 5.75 Å². The Morgan fingerprint density at radius 2 is 2.17 bits per heavy atom. The Morgan fingerprint density at radius 1 is 1.33 bits per heavy atom. The number of benzene rings is 1. The van der Waals surface area contributed by atoms with Crippen LogP contribution < -0.4 is 10.1 Å². The summed E-state index contributed by atoms with van der Waals surface area (Å²) < 4.78 is 5.75.